The Hall–Kier alpha value is -1.46. The van der Waals surface area contributed by atoms with Crippen molar-refractivity contribution in [1.82, 2.24) is 15.2 Å². The van der Waals surface area contributed by atoms with Gasteiger partial charge in [-0.2, -0.15) is 5.10 Å². The summed E-state index contributed by atoms with van der Waals surface area (Å²) in [4.78, 5) is 5.12. The van der Waals surface area contributed by atoms with E-state index in [0.717, 1.165) is 34.0 Å². The summed E-state index contributed by atoms with van der Waals surface area (Å²) in [5.74, 6) is 0. The Labute approximate surface area is 117 Å². The molecule has 2 N–H and O–H groups in total. The maximum atomic E-state index is 5.91. The van der Waals surface area contributed by atoms with Crippen LogP contribution in [0.25, 0.3) is 0 Å². The molecule has 0 unspecified atom stereocenters. The van der Waals surface area contributed by atoms with Gasteiger partial charge in [0.25, 0.3) is 0 Å². The maximum absolute atomic E-state index is 5.91. The Kier molecular flexibility index (Phi) is 4.87. The van der Waals surface area contributed by atoms with Crippen LogP contribution in [0.4, 0.5) is 0 Å². The van der Waals surface area contributed by atoms with Gasteiger partial charge in [0.1, 0.15) is 5.03 Å². The van der Waals surface area contributed by atoms with Crippen LogP contribution < -0.4 is 5.73 Å². The Morgan fingerprint density at radius 2 is 1.79 bits per heavy atom. The molecule has 2 aromatic heterocycles. The maximum Gasteiger partial charge on any atom is 0.128 e. The van der Waals surface area contributed by atoms with E-state index < -0.39 is 0 Å². The molecule has 2 heterocycles. The molecule has 19 heavy (non-hydrogen) atoms. The molecule has 0 aliphatic heterocycles. The molecule has 2 rings (SSSR count). The lowest BCUT2D eigenvalue weighted by molar-refractivity contribution is 0.782. The first-order chi connectivity index (χ1) is 9.30. The lowest BCUT2D eigenvalue weighted by Gasteiger charge is -2.13. The molecule has 0 amide bonds. The van der Waals surface area contributed by atoms with Gasteiger partial charge in [0.15, 0.2) is 0 Å². The molecule has 0 spiro atoms. The van der Waals surface area contributed by atoms with Crippen LogP contribution >= 0.6 is 11.8 Å². The van der Waals surface area contributed by atoms with Gasteiger partial charge in [0.05, 0.1) is 5.69 Å². The van der Waals surface area contributed by atoms with Gasteiger partial charge in [-0.3, -0.25) is 4.98 Å². The van der Waals surface area contributed by atoms with E-state index in [1.165, 1.54) is 5.56 Å². The molecule has 0 radical (unpaired) electrons. The van der Waals surface area contributed by atoms with E-state index in [2.05, 4.69) is 29.0 Å². The fourth-order valence-corrected chi connectivity index (χ4v) is 2.93. The zero-order valence-electron chi connectivity index (χ0n) is 11.3. The number of pyridine rings is 1. The van der Waals surface area contributed by atoms with Crippen molar-refractivity contribution in [1.29, 1.82) is 0 Å². The van der Waals surface area contributed by atoms with Gasteiger partial charge in [-0.25, -0.2) is 0 Å². The third-order valence-electron chi connectivity index (χ3n) is 2.99. The molecule has 5 heteroatoms. The molecule has 0 saturated carbocycles. The fraction of sp³-hybridized carbons (Fsp3) is 0.357. The molecule has 0 atom stereocenters. The molecule has 100 valence electrons. The first-order valence-corrected chi connectivity index (χ1v) is 7.27. The Balaban J connectivity index is 2.40. The molecule has 0 aliphatic carbocycles. The van der Waals surface area contributed by atoms with E-state index in [4.69, 9.17) is 5.73 Å². The van der Waals surface area contributed by atoms with E-state index in [1.54, 1.807) is 24.2 Å². The summed E-state index contributed by atoms with van der Waals surface area (Å²) in [6.45, 7) is 4.73. The monoisotopic (exact) mass is 274 g/mol. The number of aryl methyl sites for hydroxylation is 1. The van der Waals surface area contributed by atoms with Crippen molar-refractivity contribution in [2.45, 2.75) is 43.2 Å². The first kappa shape index (κ1) is 14.0. The summed E-state index contributed by atoms with van der Waals surface area (Å²) < 4.78 is 0. The third-order valence-corrected chi connectivity index (χ3v) is 4.02. The second-order valence-electron chi connectivity index (χ2n) is 4.11. The van der Waals surface area contributed by atoms with Gasteiger partial charge in [-0.05, 0) is 30.5 Å². The van der Waals surface area contributed by atoms with Crippen LogP contribution in [0.2, 0.25) is 0 Å². The van der Waals surface area contributed by atoms with Gasteiger partial charge in [-0.1, -0.05) is 25.6 Å². The van der Waals surface area contributed by atoms with E-state index in [0.29, 0.717) is 6.54 Å². The Bertz CT molecular complexity index is 543. The standard InChI is InChI=1S/C14H18N4S/c1-3-11-12(9-15)14(18-17-13(11)4-2)19-10-5-7-16-8-6-10/h5-8H,3-4,9,15H2,1-2H3. The highest BCUT2D eigenvalue weighted by molar-refractivity contribution is 7.99. The topological polar surface area (TPSA) is 64.7 Å². The van der Waals surface area contributed by atoms with Crippen molar-refractivity contribution in [2.24, 2.45) is 5.73 Å². The summed E-state index contributed by atoms with van der Waals surface area (Å²) in [5, 5.41) is 9.57. The molecule has 0 aliphatic rings. The molecule has 2 aromatic rings. The number of hydrogen-bond donors (Lipinski definition) is 1. The van der Waals surface area contributed by atoms with Crippen LogP contribution in [0, 0.1) is 0 Å². The average molecular weight is 274 g/mol. The third kappa shape index (κ3) is 3.11. The quantitative estimate of drug-likeness (QED) is 0.908. The number of rotatable bonds is 5. The Morgan fingerprint density at radius 3 is 2.37 bits per heavy atom. The highest BCUT2D eigenvalue weighted by Crippen LogP contribution is 2.30. The van der Waals surface area contributed by atoms with Crippen molar-refractivity contribution >= 4 is 11.8 Å². The van der Waals surface area contributed by atoms with Crippen LogP contribution in [0.1, 0.15) is 30.7 Å². The molecule has 0 saturated heterocycles. The number of nitrogens with two attached hydrogens (primary N) is 1. The first-order valence-electron chi connectivity index (χ1n) is 6.45. The highest BCUT2D eigenvalue weighted by atomic mass is 32.2. The van der Waals surface area contributed by atoms with Crippen molar-refractivity contribution in [3.63, 3.8) is 0 Å². The van der Waals surface area contributed by atoms with Gasteiger partial charge in [0, 0.05) is 29.4 Å². The SMILES string of the molecule is CCc1nnc(Sc2ccncc2)c(CN)c1CC. The largest absolute Gasteiger partial charge is 0.326 e. The number of aromatic nitrogens is 3. The summed E-state index contributed by atoms with van der Waals surface area (Å²) in [7, 11) is 0. The summed E-state index contributed by atoms with van der Waals surface area (Å²) in [5.41, 5.74) is 9.34. The van der Waals surface area contributed by atoms with Crippen LogP contribution in [-0.4, -0.2) is 15.2 Å². The van der Waals surface area contributed by atoms with Gasteiger partial charge >= 0.3 is 0 Å². The predicted molar refractivity (Wildman–Crippen MR) is 77.0 cm³/mol. The lowest BCUT2D eigenvalue weighted by atomic mass is 10.0. The number of nitrogens with zero attached hydrogens (tertiary/aromatic N) is 3. The van der Waals surface area contributed by atoms with Crippen molar-refractivity contribution in [2.75, 3.05) is 0 Å². The minimum atomic E-state index is 0.499. The van der Waals surface area contributed by atoms with Crippen LogP contribution in [0.3, 0.4) is 0 Å². The van der Waals surface area contributed by atoms with Crippen molar-refractivity contribution in [3.05, 3.63) is 41.3 Å². The predicted octanol–water partition coefficient (Wildman–Crippen LogP) is 2.61. The minimum Gasteiger partial charge on any atom is -0.326 e. The summed E-state index contributed by atoms with van der Waals surface area (Å²) in [6.07, 6.45) is 5.39. The average Bonchev–Trinajstić information content (AvgIpc) is 2.47. The molecule has 0 fully saturated rings. The van der Waals surface area contributed by atoms with Crippen LogP contribution in [0.15, 0.2) is 34.4 Å². The number of hydrogen-bond acceptors (Lipinski definition) is 5. The highest BCUT2D eigenvalue weighted by Gasteiger charge is 2.14. The zero-order chi connectivity index (χ0) is 13.7. The second kappa shape index (κ2) is 6.63. The molecular weight excluding hydrogens is 256 g/mol. The van der Waals surface area contributed by atoms with Gasteiger partial charge in [-0.15, -0.1) is 5.10 Å². The van der Waals surface area contributed by atoms with Crippen LogP contribution in [0.5, 0.6) is 0 Å². The molecule has 4 nitrogen and oxygen atoms in total. The normalized spacial score (nSPS) is 10.7. The van der Waals surface area contributed by atoms with E-state index in [1.807, 2.05) is 12.1 Å². The summed E-state index contributed by atoms with van der Waals surface area (Å²) >= 11 is 1.59. The van der Waals surface area contributed by atoms with E-state index in [-0.39, 0.29) is 0 Å². The van der Waals surface area contributed by atoms with E-state index in [9.17, 15) is 0 Å². The van der Waals surface area contributed by atoms with Crippen LogP contribution in [-0.2, 0) is 19.4 Å². The molecular formula is C14H18N4S. The molecule has 0 bridgehead atoms. The van der Waals surface area contributed by atoms with E-state index >= 15 is 0 Å². The fourth-order valence-electron chi connectivity index (χ4n) is 2.04. The van der Waals surface area contributed by atoms with Crippen molar-refractivity contribution < 1.29 is 0 Å². The molecule has 0 aromatic carbocycles. The lowest BCUT2D eigenvalue weighted by Crippen LogP contribution is -2.10. The smallest absolute Gasteiger partial charge is 0.128 e. The minimum absolute atomic E-state index is 0.499. The van der Waals surface area contributed by atoms with Gasteiger partial charge < -0.3 is 5.73 Å². The zero-order valence-corrected chi connectivity index (χ0v) is 12.1. The van der Waals surface area contributed by atoms with Gasteiger partial charge in [0.2, 0.25) is 0 Å². The second-order valence-corrected chi connectivity index (χ2v) is 5.17. The summed E-state index contributed by atoms with van der Waals surface area (Å²) in [6, 6.07) is 3.93. The van der Waals surface area contributed by atoms with Crippen molar-refractivity contribution in [3.8, 4) is 0 Å². The Morgan fingerprint density at radius 1 is 1.05 bits per heavy atom.